The number of fused-ring (bicyclic) bond motifs is 1. The molecule has 4 heterocycles. The van der Waals surface area contributed by atoms with Crippen molar-refractivity contribution >= 4 is 46.4 Å². The largest absolute Gasteiger partial charge is 0.453 e. The van der Waals surface area contributed by atoms with Crippen molar-refractivity contribution in [3.63, 3.8) is 0 Å². The van der Waals surface area contributed by atoms with E-state index in [0.29, 0.717) is 36.2 Å². The second-order valence-corrected chi connectivity index (χ2v) is 17.6. The summed E-state index contributed by atoms with van der Waals surface area (Å²) in [5.41, 5.74) is 5.37. The molecular weight excluding hydrogens is 796 g/mol. The zero-order valence-corrected chi connectivity index (χ0v) is 36.7. The van der Waals surface area contributed by atoms with E-state index in [1.54, 1.807) is 4.90 Å². The Morgan fingerprint density at radius 1 is 0.689 bits per heavy atom. The average Bonchev–Trinajstić information content (AvgIpc) is 4.06. The molecule has 0 bridgehead atoms. The zero-order valence-electron chi connectivity index (χ0n) is 35.9. The smallest absolute Gasteiger partial charge is 0.407 e. The molecule has 7 rings (SSSR count). The number of hydrogen-bond donors (Lipinski definition) is 4. The SMILES string of the molecule is COC(=O)N[C@H](C(=O)N1C[C@@H](C)C[C@H]1c1ncc(-c2ccc3cc(-c4ccc(-c5nc([C@@H]6C[C@H](C)CN6C(=O)[C@@H](NC(=O)OC)C(C)C)[nH]c5Cl)cc4)ccc3c2)[nH]1)C(C)C. The molecule has 0 radical (unpaired) electrons. The number of carbonyl (C=O) groups excluding carboxylic acids is 4. The molecule has 4 amide bonds. The van der Waals surface area contributed by atoms with Gasteiger partial charge in [0.2, 0.25) is 11.8 Å². The molecule has 2 aromatic heterocycles. The number of halogens is 1. The van der Waals surface area contributed by atoms with E-state index in [2.05, 4.69) is 70.8 Å². The van der Waals surface area contributed by atoms with Crippen molar-refractivity contribution < 1.29 is 28.7 Å². The van der Waals surface area contributed by atoms with Crippen LogP contribution in [0.5, 0.6) is 0 Å². The maximum atomic E-state index is 13.8. The normalized spacial score (nSPS) is 20.0. The highest BCUT2D eigenvalue weighted by Gasteiger charge is 2.42. The number of rotatable bonds is 11. The number of H-pyrrole nitrogens is 2. The lowest BCUT2D eigenvalue weighted by Gasteiger charge is -2.30. The van der Waals surface area contributed by atoms with Crippen molar-refractivity contribution in [2.24, 2.45) is 23.7 Å². The Labute approximate surface area is 361 Å². The summed E-state index contributed by atoms with van der Waals surface area (Å²) in [7, 11) is 2.57. The number of nitrogens with zero attached hydrogens (tertiary/aromatic N) is 4. The highest BCUT2D eigenvalue weighted by Crippen LogP contribution is 2.39. The number of amides is 4. The number of aromatic amines is 2. The quantitative estimate of drug-likeness (QED) is 0.102. The lowest BCUT2D eigenvalue weighted by Crippen LogP contribution is -2.51. The second-order valence-electron chi connectivity index (χ2n) is 17.2. The number of aromatic nitrogens is 4. The molecule has 2 aliphatic heterocycles. The fraction of sp³-hybridized carbons (Fsp3) is 0.435. The molecule has 14 nitrogen and oxygen atoms in total. The first-order valence-electron chi connectivity index (χ1n) is 20.9. The molecule has 322 valence electrons. The van der Waals surface area contributed by atoms with Gasteiger partial charge in [-0.05, 0) is 70.5 Å². The third-order valence-electron chi connectivity index (χ3n) is 11.9. The number of nitrogens with one attached hydrogen (secondary N) is 4. The van der Waals surface area contributed by atoms with Crippen molar-refractivity contribution in [3.8, 4) is 33.6 Å². The van der Waals surface area contributed by atoms with Gasteiger partial charge in [-0.25, -0.2) is 19.6 Å². The Morgan fingerprint density at radius 2 is 1.16 bits per heavy atom. The third-order valence-corrected chi connectivity index (χ3v) is 12.2. The Hall–Kier alpha value is -5.89. The topological polar surface area (TPSA) is 175 Å². The highest BCUT2D eigenvalue weighted by molar-refractivity contribution is 6.32. The molecule has 15 heteroatoms. The second kappa shape index (κ2) is 18.0. The maximum Gasteiger partial charge on any atom is 0.407 e. The van der Waals surface area contributed by atoms with Crippen molar-refractivity contribution in [3.05, 3.63) is 83.7 Å². The van der Waals surface area contributed by atoms with Crippen molar-refractivity contribution in [2.45, 2.75) is 78.6 Å². The first kappa shape index (κ1) is 43.2. The fourth-order valence-electron chi connectivity index (χ4n) is 8.64. The van der Waals surface area contributed by atoms with Crippen LogP contribution in [0.15, 0.2) is 66.9 Å². The molecular formula is C46H55ClN8O6. The minimum absolute atomic E-state index is 0.120. The molecule has 0 aliphatic carbocycles. The lowest BCUT2D eigenvalue weighted by molar-refractivity contribution is -0.136. The number of likely N-dealkylation sites (tertiary alicyclic amines) is 2. The van der Waals surface area contributed by atoms with Gasteiger partial charge in [-0.1, -0.05) is 102 Å². The van der Waals surface area contributed by atoms with Gasteiger partial charge in [0.15, 0.2) is 0 Å². The monoisotopic (exact) mass is 850 g/mol. The number of methoxy groups -OCH3 is 2. The summed E-state index contributed by atoms with van der Waals surface area (Å²) in [5, 5.41) is 7.96. The Morgan fingerprint density at radius 3 is 1.69 bits per heavy atom. The van der Waals surface area contributed by atoms with Crippen LogP contribution in [0.2, 0.25) is 5.15 Å². The molecule has 4 N–H and O–H groups in total. The van der Waals surface area contributed by atoms with Crippen molar-refractivity contribution in [1.29, 1.82) is 0 Å². The Kier molecular flexibility index (Phi) is 12.7. The Bertz CT molecular complexity index is 2410. The molecule has 0 spiro atoms. The minimum atomic E-state index is -0.736. The zero-order chi connectivity index (χ0) is 43.7. The molecule has 61 heavy (non-hydrogen) atoms. The summed E-state index contributed by atoms with van der Waals surface area (Å²) in [6, 6.07) is 18.8. The molecule has 3 aromatic carbocycles. The van der Waals surface area contributed by atoms with Gasteiger partial charge in [-0.2, -0.15) is 0 Å². The maximum absolute atomic E-state index is 13.8. The lowest BCUT2D eigenvalue weighted by atomic mass is 9.98. The van der Waals surface area contributed by atoms with Crippen LogP contribution in [-0.2, 0) is 19.1 Å². The number of benzene rings is 3. The predicted octanol–water partition coefficient (Wildman–Crippen LogP) is 8.52. The fourth-order valence-corrected chi connectivity index (χ4v) is 8.89. The van der Waals surface area contributed by atoms with Gasteiger partial charge >= 0.3 is 12.2 Å². The molecule has 2 aliphatic rings. The van der Waals surface area contributed by atoms with Crippen LogP contribution < -0.4 is 10.6 Å². The van der Waals surface area contributed by atoms with E-state index in [1.165, 1.54) is 14.2 Å². The van der Waals surface area contributed by atoms with Crippen LogP contribution in [0, 0.1) is 23.7 Å². The first-order chi connectivity index (χ1) is 29.1. The molecule has 5 aromatic rings. The van der Waals surface area contributed by atoms with Crippen LogP contribution in [0.3, 0.4) is 0 Å². The van der Waals surface area contributed by atoms with E-state index >= 15 is 0 Å². The van der Waals surface area contributed by atoms with Crippen molar-refractivity contribution in [2.75, 3.05) is 27.3 Å². The Balaban J connectivity index is 1.06. The summed E-state index contributed by atoms with van der Waals surface area (Å²) in [5.74, 6) is 1.24. The highest BCUT2D eigenvalue weighted by atomic mass is 35.5. The van der Waals surface area contributed by atoms with Gasteiger partial charge in [0, 0.05) is 24.2 Å². The molecule has 0 unspecified atom stereocenters. The van der Waals surface area contributed by atoms with E-state index in [1.807, 2.05) is 63.1 Å². The van der Waals surface area contributed by atoms with Gasteiger partial charge in [-0.3, -0.25) is 9.59 Å². The van der Waals surface area contributed by atoms with E-state index in [0.717, 1.165) is 51.0 Å². The number of carbonyl (C=O) groups is 4. The summed E-state index contributed by atoms with van der Waals surface area (Å²) in [6.07, 6.45) is 2.01. The van der Waals surface area contributed by atoms with Crippen LogP contribution in [0.4, 0.5) is 9.59 Å². The number of imidazole rings is 2. The van der Waals surface area contributed by atoms with Crippen LogP contribution in [0.25, 0.3) is 44.4 Å². The van der Waals surface area contributed by atoms with Gasteiger partial charge in [0.05, 0.1) is 38.2 Å². The van der Waals surface area contributed by atoms with Gasteiger partial charge in [0.1, 0.15) is 34.6 Å². The molecule has 0 saturated carbocycles. The number of hydrogen-bond acceptors (Lipinski definition) is 8. The predicted molar refractivity (Wildman–Crippen MR) is 234 cm³/mol. The van der Waals surface area contributed by atoms with E-state index in [9.17, 15) is 19.2 Å². The molecule has 6 atom stereocenters. The minimum Gasteiger partial charge on any atom is -0.453 e. The third kappa shape index (κ3) is 9.09. The number of alkyl carbamates (subject to hydrolysis) is 2. The van der Waals surface area contributed by atoms with Crippen LogP contribution >= 0.6 is 11.6 Å². The first-order valence-corrected chi connectivity index (χ1v) is 21.3. The van der Waals surface area contributed by atoms with Crippen LogP contribution in [0.1, 0.15) is 78.1 Å². The van der Waals surface area contributed by atoms with E-state index < -0.39 is 24.3 Å². The summed E-state index contributed by atoms with van der Waals surface area (Å²) in [4.78, 5) is 71.6. The molecule has 2 saturated heterocycles. The summed E-state index contributed by atoms with van der Waals surface area (Å²) >= 11 is 6.77. The van der Waals surface area contributed by atoms with Crippen LogP contribution in [-0.4, -0.2) is 93.1 Å². The number of ether oxygens (including phenoxy) is 2. The van der Waals surface area contributed by atoms with E-state index in [4.69, 9.17) is 31.0 Å². The van der Waals surface area contributed by atoms with Gasteiger partial charge in [-0.15, -0.1) is 0 Å². The average molecular weight is 851 g/mol. The molecule has 2 fully saturated rings. The van der Waals surface area contributed by atoms with Gasteiger partial charge in [0.25, 0.3) is 0 Å². The van der Waals surface area contributed by atoms with E-state index in [-0.39, 0.29) is 47.6 Å². The standard InChI is InChI=1S/C46H55ClN8O6/c1-24(2)37(51-45(58)60-7)43(56)54-22-26(5)17-35(54)41-48-21-34(49-41)33-16-15-31-19-30(13-14-32(31)20-33)28-9-11-29(12-10-28)39-40(47)53-42(50-39)36-18-27(6)23-55(36)44(57)38(25(3)4)52-46(59)61-8/h9-16,19-21,24-27,35-38H,17-18,22-23H2,1-8H3,(H,48,49)(H,50,53)(H,51,58)(H,52,59)/t26-,27-,35-,36-,37-,38-/m0/s1. The summed E-state index contributed by atoms with van der Waals surface area (Å²) < 4.78 is 9.57. The van der Waals surface area contributed by atoms with Gasteiger partial charge < -0.3 is 39.9 Å². The van der Waals surface area contributed by atoms with Crippen molar-refractivity contribution in [1.82, 2.24) is 40.4 Å². The summed E-state index contributed by atoms with van der Waals surface area (Å²) in [6.45, 7) is 12.9.